The minimum absolute atomic E-state index is 0.121. The van der Waals surface area contributed by atoms with Gasteiger partial charge in [-0.3, -0.25) is 9.10 Å². The van der Waals surface area contributed by atoms with Crippen molar-refractivity contribution in [1.82, 2.24) is 5.32 Å². The summed E-state index contributed by atoms with van der Waals surface area (Å²) in [5.74, 6) is -2.84. The van der Waals surface area contributed by atoms with Crippen molar-refractivity contribution < 1.29 is 22.0 Å². The number of benzene rings is 2. The summed E-state index contributed by atoms with van der Waals surface area (Å²) in [6.45, 7) is 3.52. The lowest BCUT2D eigenvalue weighted by atomic mass is 10.1. The van der Waals surface area contributed by atoms with Gasteiger partial charge in [0.25, 0.3) is 0 Å². The Kier molecular flexibility index (Phi) is 5.97. The fourth-order valence-electron chi connectivity index (χ4n) is 2.59. The molecule has 0 fully saturated rings. The van der Waals surface area contributed by atoms with Crippen LogP contribution in [-0.2, 0) is 21.4 Å². The van der Waals surface area contributed by atoms with E-state index in [0.717, 1.165) is 39.9 Å². The SMILES string of the molecule is Cc1cccc(CNC(=O)[C@@H](C)N(c2ccc(F)c(F)c2)S(C)(=O)=O)c1. The molecule has 0 aliphatic rings. The first kappa shape index (κ1) is 19.8. The van der Waals surface area contributed by atoms with Crippen LogP contribution in [0.2, 0.25) is 0 Å². The molecule has 2 rings (SSSR count). The van der Waals surface area contributed by atoms with Crippen LogP contribution in [0.15, 0.2) is 42.5 Å². The number of anilines is 1. The number of sulfonamides is 1. The second-order valence-electron chi connectivity index (χ2n) is 6.04. The molecule has 1 amide bonds. The number of hydrogen-bond acceptors (Lipinski definition) is 3. The van der Waals surface area contributed by atoms with Crippen molar-refractivity contribution in [2.75, 3.05) is 10.6 Å². The van der Waals surface area contributed by atoms with Crippen molar-refractivity contribution in [3.05, 3.63) is 65.2 Å². The number of amides is 1. The fourth-order valence-corrected chi connectivity index (χ4v) is 3.76. The van der Waals surface area contributed by atoms with Gasteiger partial charge < -0.3 is 5.32 Å². The lowest BCUT2D eigenvalue weighted by Gasteiger charge is -2.28. The maximum atomic E-state index is 13.5. The Bertz CT molecular complexity index is 916. The van der Waals surface area contributed by atoms with Crippen LogP contribution < -0.4 is 9.62 Å². The minimum Gasteiger partial charge on any atom is -0.350 e. The topological polar surface area (TPSA) is 66.5 Å². The standard InChI is InChI=1S/C18H20F2N2O3S/c1-12-5-4-6-14(9-12)11-21-18(23)13(2)22(26(3,24)25)15-7-8-16(19)17(20)10-15/h4-10,13H,11H2,1-3H3,(H,21,23)/t13-/m1/s1. The highest BCUT2D eigenvalue weighted by Crippen LogP contribution is 2.23. The van der Waals surface area contributed by atoms with Crippen molar-refractivity contribution in [3.63, 3.8) is 0 Å². The Labute approximate surface area is 151 Å². The number of carbonyl (C=O) groups excluding carboxylic acids is 1. The van der Waals surface area contributed by atoms with Gasteiger partial charge in [0.05, 0.1) is 11.9 Å². The van der Waals surface area contributed by atoms with E-state index in [1.165, 1.54) is 6.92 Å². The Balaban J connectivity index is 2.22. The number of halogens is 2. The van der Waals surface area contributed by atoms with Crippen LogP contribution in [0.4, 0.5) is 14.5 Å². The molecule has 0 radical (unpaired) electrons. The van der Waals surface area contributed by atoms with Crippen molar-refractivity contribution in [2.45, 2.75) is 26.4 Å². The molecule has 2 aromatic rings. The summed E-state index contributed by atoms with van der Waals surface area (Å²) in [5, 5.41) is 2.66. The Hall–Kier alpha value is -2.48. The quantitative estimate of drug-likeness (QED) is 0.835. The van der Waals surface area contributed by atoms with E-state index in [1.807, 2.05) is 31.2 Å². The molecule has 0 spiro atoms. The van der Waals surface area contributed by atoms with Crippen molar-refractivity contribution in [2.24, 2.45) is 0 Å². The molecule has 0 heterocycles. The maximum Gasteiger partial charge on any atom is 0.243 e. The highest BCUT2D eigenvalue weighted by Gasteiger charge is 2.29. The van der Waals surface area contributed by atoms with E-state index in [2.05, 4.69) is 5.32 Å². The molecule has 0 aromatic heterocycles. The lowest BCUT2D eigenvalue weighted by Crippen LogP contribution is -2.47. The molecule has 1 N–H and O–H groups in total. The number of aryl methyl sites for hydroxylation is 1. The number of carbonyl (C=O) groups is 1. The monoisotopic (exact) mass is 382 g/mol. The van der Waals surface area contributed by atoms with Crippen LogP contribution in [0.25, 0.3) is 0 Å². The van der Waals surface area contributed by atoms with Gasteiger partial charge in [-0.05, 0) is 31.5 Å². The van der Waals surface area contributed by atoms with Gasteiger partial charge in [0, 0.05) is 12.6 Å². The second kappa shape index (κ2) is 7.82. The Morgan fingerprint density at radius 3 is 2.42 bits per heavy atom. The third-order valence-electron chi connectivity index (χ3n) is 3.80. The van der Waals surface area contributed by atoms with Gasteiger partial charge in [-0.25, -0.2) is 17.2 Å². The molecule has 8 heteroatoms. The zero-order chi connectivity index (χ0) is 19.5. The number of rotatable bonds is 6. The maximum absolute atomic E-state index is 13.5. The van der Waals surface area contributed by atoms with E-state index in [0.29, 0.717) is 0 Å². The first-order valence-electron chi connectivity index (χ1n) is 7.87. The van der Waals surface area contributed by atoms with Gasteiger partial charge in [-0.1, -0.05) is 29.8 Å². The fraction of sp³-hybridized carbons (Fsp3) is 0.278. The molecule has 140 valence electrons. The zero-order valence-corrected chi connectivity index (χ0v) is 15.5. The van der Waals surface area contributed by atoms with E-state index in [4.69, 9.17) is 0 Å². The van der Waals surface area contributed by atoms with Crippen LogP contribution in [0.1, 0.15) is 18.1 Å². The summed E-state index contributed by atoms with van der Waals surface area (Å²) in [7, 11) is -3.90. The number of nitrogens with one attached hydrogen (secondary N) is 1. The summed E-state index contributed by atoms with van der Waals surface area (Å²) in [6.07, 6.45) is 0.901. The zero-order valence-electron chi connectivity index (χ0n) is 14.7. The summed E-state index contributed by atoms with van der Waals surface area (Å²) >= 11 is 0. The van der Waals surface area contributed by atoms with Crippen LogP contribution in [-0.4, -0.2) is 26.6 Å². The number of nitrogens with zero attached hydrogens (tertiary/aromatic N) is 1. The molecule has 0 unspecified atom stereocenters. The van der Waals surface area contributed by atoms with E-state index in [-0.39, 0.29) is 12.2 Å². The summed E-state index contributed by atoms with van der Waals surface area (Å²) in [5.41, 5.74) is 1.78. The third kappa shape index (κ3) is 4.78. The van der Waals surface area contributed by atoms with Crippen molar-refractivity contribution in [3.8, 4) is 0 Å². The Morgan fingerprint density at radius 2 is 1.85 bits per heavy atom. The first-order valence-corrected chi connectivity index (χ1v) is 9.72. The molecular formula is C18H20F2N2O3S. The average molecular weight is 382 g/mol. The molecular weight excluding hydrogens is 362 g/mol. The number of hydrogen-bond donors (Lipinski definition) is 1. The van der Waals surface area contributed by atoms with E-state index in [1.54, 1.807) is 0 Å². The molecule has 0 bridgehead atoms. The smallest absolute Gasteiger partial charge is 0.243 e. The van der Waals surface area contributed by atoms with Gasteiger partial charge in [-0.15, -0.1) is 0 Å². The summed E-state index contributed by atoms with van der Waals surface area (Å²) in [4.78, 5) is 12.4. The average Bonchev–Trinajstić information content (AvgIpc) is 2.55. The Morgan fingerprint density at radius 1 is 1.15 bits per heavy atom. The molecule has 0 aliphatic heterocycles. The van der Waals surface area contributed by atoms with Gasteiger partial charge in [0.1, 0.15) is 6.04 Å². The van der Waals surface area contributed by atoms with Gasteiger partial charge in [-0.2, -0.15) is 0 Å². The molecule has 1 atom stereocenters. The molecule has 0 saturated heterocycles. The third-order valence-corrected chi connectivity index (χ3v) is 5.04. The van der Waals surface area contributed by atoms with Crippen molar-refractivity contribution in [1.29, 1.82) is 0 Å². The van der Waals surface area contributed by atoms with Crippen LogP contribution in [0.5, 0.6) is 0 Å². The molecule has 5 nitrogen and oxygen atoms in total. The van der Waals surface area contributed by atoms with Gasteiger partial charge in [0.2, 0.25) is 15.9 Å². The molecule has 26 heavy (non-hydrogen) atoms. The highest BCUT2D eigenvalue weighted by atomic mass is 32.2. The van der Waals surface area contributed by atoms with E-state index in [9.17, 15) is 22.0 Å². The normalized spacial score (nSPS) is 12.5. The highest BCUT2D eigenvalue weighted by molar-refractivity contribution is 7.92. The van der Waals surface area contributed by atoms with Gasteiger partial charge >= 0.3 is 0 Å². The molecule has 2 aromatic carbocycles. The van der Waals surface area contributed by atoms with Crippen LogP contribution in [0, 0.1) is 18.6 Å². The van der Waals surface area contributed by atoms with E-state index >= 15 is 0 Å². The van der Waals surface area contributed by atoms with Crippen molar-refractivity contribution >= 4 is 21.6 Å². The minimum atomic E-state index is -3.90. The summed E-state index contributed by atoms with van der Waals surface area (Å²) in [6, 6.07) is 9.05. The van der Waals surface area contributed by atoms with Gasteiger partial charge in [0.15, 0.2) is 11.6 Å². The molecule has 0 aliphatic carbocycles. The first-order chi connectivity index (χ1) is 12.1. The van der Waals surface area contributed by atoms with Crippen LogP contribution in [0.3, 0.4) is 0 Å². The lowest BCUT2D eigenvalue weighted by molar-refractivity contribution is -0.122. The predicted molar refractivity (Wildman–Crippen MR) is 96.2 cm³/mol. The predicted octanol–water partition coefficient (Wildman–Crippen LogP) is 2.74. The largest absolute Gasteiger partial charge is 0.350 e. The van der Waals surface area contributed by atoms with E-state index < -0.39 is 33.6 Å². The summed E-state index contributed by atoms with van der Waals surface area (Å²) < 4.78 is 51.6. The second-order valence-corrected chi connectivity index (χ2v) is 7.90. The van der Waals surface area contributed by atoms with Crippen LogP contribution >= 0.6 is 0 Å². The molecule has 0 saturated carbocycles.